The summed E-state index contributed by atoms with van der Waals surface area (Å²) in [5.74, 6) is 0.395. The molecular weight excluding hydrogens is 389 g/mol. The van der Waals surface area contributed by atoms with E-state index in [2.05, 4.69) is 21.6 Å². The van der Waals surface area contributed by atoms with Gasteiger partial charge in [0.1, 0.15) is 11.9 Å². The predicted octanol–water partition coefficient (Wildman–Crippen LogP) is 6.35. The highest BCUT2D eigenvalue weighted by molar-refractivity contribution is 6.33. The Morgan fingerprint density at radius 1 is 0.931 bits per heavy atom. The maximum absolute atomic E-state index is 13.5. The first kappa shape index (κ1) is 19.2. The van der Waals surface area contributed by atoms with Gasteiger partial charge < -0.3 is 9.73 Å². The average molecular weight is 408 g/mol. The second-order valence-corrected chi connectivity index (χ2v) is 7.34. The lowest BCUT2D eigenvalue weighted by Crippen LogP contribution is -2.13. The standard InChI is InChI=1S/C23H19ClFN3O/c1-14-11-15(2)13-18(12-14)26-21(16-7-9-17(25)10-8-16)23-28-27-22(29-23)19-5-3-4-6-20(19)24/h3-13,21,26H,1-2H3. The van der Waals surface area contributed by atoms with Crippen molar-refractivity contribution < 1.29 is 8.81 Å². The maximum Gasteiger partial charge on any atom is 0.249 e. The number of nitrogens with zero attached hydrogens (tertiary/aromatic N) is 2. The summed E-state index contributed by atoms with van der Waals surface area (Å²) in [5.41, 5.74) is 4.65. The summed E-state index contributed by atoms with van der Waals surface area (Å²) in [5, 5.41) is 12.4. The third-order valence-electron chi connectivity index (χ3n) is 4.53. The molecule has 0 fully saturated rings. The van der Waals surface area contributed by atoms with Crippen molar-refractivity contribution in [3.05, 3.63) is 100 Å². The van der Waals surface area contributed by atoms with E-state index in [1.165, 1.54) is 12.1 Å². The number of nitrogens with one attached hydrogen (secondary N) is 1. The number of hydrogen-bond acceptors (Lipinski definition) is 4. The van der Waals surface area contributed by atoms with Crippen molar-refractivity contribution in [3.8, 4) is 11.5 Å². The number of anilines is 1. The molecule has 1 aromatic heterocycles. The molecule has 0 spiro atoms. The van der Waals surface area contributed by atoms with Crippen LogP contribution in [0.15, 0.2) is 71.1 Å². The van der Waals surface area contributed by atoms with Crippen molar-refractivity contribution in [1.29, 1.82) is 0 Å². The Morgan fingerprint density at radius 3 is 2.31 bits per heavy atom. The minimum Gasteiger partial charge on any atom is -0.418 e. The summed E-state index contributed by atoms with van der Waals surface area (Å²) in [6.07, 6.45) is 0. The van der Waals surface area contributed by atoms with E-state index in [-0.39, 0.29) is 5.82 Å². The third-order valence-corrected chi connectivity index (χ3v) is 4.86. The molecule has 6 heteroatoms. The van der Waals surface area contributed by atoms with Crippen LogP contribution in [0.25, 0.3) is 11.5 Å². The molecule has 4 aromatic rings. The van der Waals surface area contributed by atoms with Crippen LogP contribution in [0.3, 0.4) is 0 Å². The summed E-state index contributed by atoms with van der Waals surface area (Å²) in [6, 6.07) is 19.3. The first-order chi connectivity index (χ1) is 14.0. The lowest BCUT2D eigenvalue weighted by atomic mass is 10.1. The van der Waals surface area contributed by atoms with E-state index in [1.54, 1.807) is 18.2 Å². The van der Waals surface area contributed by atoms with E-state index in [0.717, 1.165) is 22.4 Å². The Kier molecular flexibility index (Phi) is 5.32. The van der Waals surface area contributed by atoms with Gasteiger partial charge in [-0.3, -0.25) is 0 Å². The number of hydrogen-bond donors (Lipinski definition) is 1. The van der Waals surface area contributed by atoms with Crippen LogP contribution >= 0.6 is 11.6 Å². The van der Waals surface area contributed by atoms with E-state index < -0.39 is 6.04 Å². The Balaban J connectivity index is 1.74. The number of halogens is 2. The van der Waals surface area contributed by atoms with Gasteiger partial charge in [0.05, 0.1) is 10.6 Å². The Labute approximate surface area is 173 Å². The van der Waals surface area contributed by atoms with Gasteiger partial charge in [0.25, 0.3) is 0 Å². The first-order valence-electron chi connectivity index (χ1n) is 9.18. The normalized spacial score (nSPS) is 12.0. The minimum absolute atomic E-state index is 0.304. The highest BCUT2D eigenvalue weighted by atomic mass is 35.5. The van der Waals surface area contributed by atoms with Gasteiger partial charge in [-0.1, -0.05) is 41.9 Å². The molecule has 4 nitrogen and oxygen atoms in total. The van der Waals surface area contributed by atoms with Gasteiger partial charge in [0, 0.05) is 5.69 Å². The summed E-state index contributed by atoms with van der Waals surface area (Å²) >= 11 is 6.26. The first-order valence-corrected chi connectivity index (χ1v) is 9.56. The quantitative estimate of drug-likeness (QED) is 0.419. The highest BCUT2D eigenvalue weighted by Gasteiger charge is 2.22. The van der Waals surface area contributed by atoms with E-state index in [9.17, 15) is 4.39 Å². The fourth-order valence-electron chi connectivity index (χ4n) is 3.26. The molecule has 1 unspecified atom stereocenters. The summed E-state index contributed by atoms with van der Waals surface area (Å²) in [4.78, 5) is 0. The molecule has 0 saturated carbocycles. The number of aryl methyl sites for hydroxylation is 2. The maximum atomic E-state index is 13.5. The van der Waals surface area contributed by atoms with Crippen molar-refractivity contribution in [1.82, 2.24) is 10.2 Å². The molecular formula is C23H19ClFN3O. The summed E-state index contributed by atoms with van der Waals surface area (Å²) in [6.45, 7) is 4.07. The van der Waals surface area contributed by atoms with E-state index in [1.807, 2.05) is 44.2 Å². The molecule has 29 heavy (non-hydrogen) atoms. The molecule has 4 rings (SSSR count). The number of rotatable bonds is 5. The second kappa shape index (κ2) is 8.05. The van der Waals surface area contributed by atoms with Gasteiger partial charge in [-0.2, -0.15) is 0 Å². The number of aromatic nitrogens is 2. The lowest BCUT2D eigenvalue weighted by Gasteiger charge is -2.18. The Bertz CT molecular complexity index is 1120. The van der Waals surface area contributed by atoms with Gasteiger partial charge in [-0.05, 0) is 66.9 Å². The summed E-state index contributed by atoms with van der Waals surface area (Å²) in [7, 11) is 0. The van der Waals surface area contributed by atoms with E-state index in [4.69, 9.17) is 16.0 Å². The molecule has 1 atom stereocenters. The van der Waals surface area contributed by atoms with E-state index >= 15 is 0 Å². The Hall–Kier alpha value is -3.18. The molecule has 146 valence electrons. The fourth-order valence-corrected chi connectivity index (χ4v) is 3.48. The molecule has 3 aromatic carbocycles. The van der Waals surface area contributed by atoms with Crippen molar-refractivity contribution in [2.24, 2.45) is 0 Å². The molecule has 0 aliphatic rings. The smallest absolute Gasteiger partial charge is 0.249 e. The summed E-state index contributed by atoms with van der Waals surface area (Å²) < 4.78 is 19.4. The second-order valence-electron chi connectivity index (χ2n) is 6.93. The molecule has 0 amide bonds. The largest absolute Gasteiger partial charge is 0.418 e. The van der Waals surface area contributed by atoms with Crippen LogP contribution in [-0.2, 0) is 0 Å². The van der Waals surface area contributed by atoms with Crippen LogP contribution in [0, 0.1) is 19.7 Å². The monoisotopic (exact) mass is 407 g/mol. The molecule has 0 aliphatic carbocycles. The zero-order valence-electron chi connectivity index (χ0n) is 16.0. The van der Waals surface area contributed by atoms with Gasteiger partial charge in [0.2, 0.25) is 11.8 Å². The van der Waals surface area contributed by atoms with Crippen molar-refractivity contribution >= 4 is 17.3 Å². The van der Waals surface area contributed by atoms with Crippen molar-refractivity contribution in [2.45, 2.75) is 19.9 Å². The van der Waals surface area contributed by atoms with Gasteiger partial charge >= 0.3 is 0 Å². The van der Waals surface area contributed by atoms with Crippen LogP contribution in [0.4, 0.5) is 10.1 Å². The lowest BCUT2D eigenvalue weighted by molar-refractivity contribution is 0.494. The van der Waals surface area contributed by atoms with Crippen LogP contribution in [0.5, 0.6) is 0 Å². The SMILES string of the molecule is Cc1cc(C)cc(NC(c2ccc(F)cc2)c2nnc(-c3ccccc3Cl)o2)c1. The van der Waals surface area contributed by atoms with Crippen molar-refractivity contribution in [2.75, 3.05) is 5.32 Å². The average Bonchev–Trinajstić information content (AvgIpc) is 3.16. The van der Waals surface area contributed by atoms with Crippen LogP contribution < -0.4 is 5.32 Å². The van der Waals surface area contributed by atoms with Crippen LogP contribution in [0.1, 0.15) is 28.6 Å². The molecule has 1 heterocycles. The van der Waals surface area contributed by atoms with Crippen molar-refractivity contribution in [3.63, 3.8) is 0 Å². The predicted molar refractivity (Wildman–Crippen MR) is 113 cm³/mol. The third kappa shape index (κ3) is 4.30. The fraction of sp³-hybridized carbons (Fsp3) is 0.130. The molecule has 0 radical (unpaired) electrons. The van der Waals surface area contributed by atoms with Gasteiger partial charge in [-0.25, -0.2) is 4.39 Å². The topological polar surface area (TPSA) is 51.0 Å². The molecule has 1 N–H and O–H groups in total. The van der Waals surface area contributed by atoms with E-state index in [0.29, 0.717) is 22.4 Å². The molecule has 0 aliphatic heterocycles. The zero-order valence-corrected chi connectivity index (χ0v) is 16.7. The number of benzene rings is 3. The minimum atomic E-state index is -0.444. The molecule has 0 bridgehead atoms. The van der Waals surface area contributed by atoms with Gasteiger partial charge in [0.15, 0.2) is 0 Å². The molecule has 0 saturated heterocycles. The van der Waals surface area contributed by atoms with Gasteiger partial charge in [-0.15, -0.1) is 10.2 Å². The highest BCUT2D eigenvalue weighted by Crippen LogP contribution is 2.31. The zero-order chi connectivity index (χ0) is 20.4. The van der Waals surface area contributed by atoms with Crippen LogP contribution in [-0.4, -0.2) is 10.2 Å². The van der Waals surface area contributed by atoms with Crippen LogP contribution in [0.2, 0.25) is 5.02 Å². The Morgan fingerprint density at radius 2 is 1.62 bits per heavy atom.